The zero-order valence-corrected chi connectivity index (χ0v) is 7.95. The topological polar surface area (TPSA) is 39.1 Å². The fraction of sp³-hybridized carbons (Fsp3) is 0.364. The maximum Gasteiger partial charge on any atom is 0.0991 e. The molecule has 0 saturated carbocycles. The van der Waals surface area contributed by atoms with E-state index in [4.69, 9.17) is 5.26 Å². The van der Waals surface area contributed by atoms with Gasteiger partial charge in [0.15, 0.2) is 0 Å². The third-order valence-corrected chi connectivity index (χ3v) is 2.33. The van der Waals surface area contributed by atoms with Gasteiger partial charge < -0.3 is 5.43 Å². The molecule has 1 saturated heterocycles. The minimum Gasteiger partial charge on any atom is -0.318 e. The Hall–Kier alpha value is -1.53. The summed E-state index contributed by atoms with van der Waals surface area (Å²) in [4.78, 5) is 0. The van der Waals surface area contributed by atoms with E-state index in [-0.39, 0.29) is 0 Å². The Morgan fingerprint density at radius 1 is 1.36 bits per heavy atom. The molecule has 71 valence electrons. The summed E-state index contributed by atoms with van der Waals surface area (Å²) in [7, 11) is 0. The zero-order valence-electron chi connectivity index (χ0n) is 7.95. The van der Waals surface area contributed by atoms with E-state index in [0.29, 0.717) is 5.56 Å². The molecule has 0 amide bonds. The lowest BCUT2D eigenvalue weighted by molar-refractivity contribution is 0.410. The van der Waals surface area contributed by atoms with Gasteiger partial charge in [-0.15, -0.1) is 0 Å². The molecular weight excluding hydrogens is 174 g/mol. The van der Waals surface area contributed by atoms with Crippen LogP contribution in [0.25, 0.3) is 0 Å². The third kappa shape index (κ3) is 2.04. The minimum absolute atomic E-state index is 0.650. The highest BCUT2D eigenvalue weighted by Crippen LogP contribution is 2.12. The van der Waals surface area contributed by atoms with Crippen LogP contribution in [0.2, 0.25) is 0 Å². The van der Waals surface area contributed by atoms with Crippen molar-refractivity contribution in [3.63, 3.8) is 0 Å². The highest BCUT2D eigenvalue weighted by atomic mass is 15.5. The summed E-state index contributed by atoms with van der Waals surface area (Å²) in [5, 5.41) is 10.8. The molecule has 1 radical (unpaired) electrons. The first-order valence-electron chi connectivity index (χ1n) is 4.82. The molecule has 1 fully saturated rings. The van der Waals surface area contributed by atoms with Crippen molar-refractivity contribution in [3.8, 4) is 6.07 Å². The second-order valence-electron chi connectivity index (χ2n) is 3.41. The first-order chi connectivity index (χ1) is 6.88. The molecule has 0 unspecified atom stereocenters. The van der Waals surface area contributed by atoms with Crippen molar-refractivity contribution in [1.82, 2.24) is 5.01 Å². The van der Waals surface area contributed by atoms with Crippen LogP contribution in [0.5, 0.6) is 0 Å². The molecule has 3 nitrogen and oxygen atoms in total. The van der Waals surface area contributed by atoms with Crippen molar-refractivity contribution >= 4 is 5.69 Å². The Bertz CT molecular complexity index is 331. The second-order valence-corrected chi connectivity index (χ2v) is 3.41. The summed E-state index contributed by atoms with van der Waals surface area (Å²) >= 11 is 0. The van der Waals surface area contributed by atoms with Crippen molar-refractivity contribution in [1.29, 1.82) is 5.26 Å². The van der Waals surface area contributed by atoms with E-state index in [9.17, 15) is 0 Å². The fourth-order valence-electron chi connectivity index (χ4n) is 1.56. The molecule has 1 N–H and O–H groups in total. The summed E-state index contributed by atoms with van der Waals surface area (Å²) in [6.07, 6.45) is 2.51. The Labute approximate surface area is 83.9 Å². The number of hydrogen-bond acceptors (Lipinski definition) is 3. The molecule has 0 bridgehead atoms. The van der Waals surface area contributed by atoms with Gasteiger partial charge >= 0.3 is 0 Å². The highest BCUT2D eigenvalue weighted by Gasteiger charge is 2.10. The molecule has 1 aliphatic rings. The van der Waals surface area contributed by atoms with E-state index < -0.39 is 0 Å². The number of hydrogen-bond donors (Lipinski definition) is 1. The van der Waals surface area contributed by atoms with Gasteiger partial charge in [-0.25, -0.2) is 5.01 Å². The van der Waals surface area contributed by atoms with Gasteiger partial charge in [0.2, 0.25) is 0 Å². The average Bonchev–Trinajstić information content (AvgIpc) is 2.72. The van der Waals surface area contributed by atoms with Gasteiger partial charge in [0.1, 0.15) is 0 Å². The number of hydrazine groups is 1. The van der Waals surface area contributed by atoms with Crippen LogP contribution in [0, 0.1) is 17.4 Å². The molecule has 1 aromatic carbocycles. The van der Waals surface area contributed by atoms with Gasteiger partial charge in [-0.3, -0.25) is 0 Å². The van der Waals surface area contributed by atoms with Gasteiger partial charge in [0, 0.05) is 19.2 Å². The molecule has 3 heteroatoms. The van der Waals surface area contributed by atoms with Gasteiger partial charge in [0.05, 0.1) is 17.3 Å². The van der Waals surface area contributed by atoms with Crippen LogP contribution in [0.4, 0.5) is 5.69 Å². The molecule has 0 spiro atoms. The monoisotopic (exact) mass is 186 g/mol. The third-order valence-electron chi connectivity index (χ3n) is 2.33. The van der Waals surface area contributed by atoms with Crippen molar-refractivity contribution in [2.75, 3.05) is 18.5 Å². The largest absolute Gasteiger partial charge is 0.318 e. The SMILES string of the molecule is N#Cc1c[c]c(NN2CCCC2)cc1. The van der Waals surface area contributed by atoms with Gasteiger partial charge in [-0.05, 0) is 31.0 Å². The molecule has 1 aromatic rings. The molecule has 14 heavy (non-hydrogen) atoms. The number of rotatable bonds is 2. The van der Waals surface area contributed by atoms with E-state index in [2.05, 4.69) is 22.6 Å². The average molecular weight is 186 g/mol. The van der Waals surface area contributed by atoms with Crippen LogP contribution < -0.4 is 5.43 Å². The number of benzene rings is 1. The summed E-state index contributed by atoms with van der Waals surface area (Å²) in [6.45, 7) is 2.18. The van der Waals surface area contributed by atoms with Crippen molar-refractivity contribution in [3.05, 3.63) is 29.8 Å². The summed E-state index contributed by atoms with van der Waals surface area (Å²) < 4.78 is 0. The van der Waals surface area contributed by atoms with Crippen LogP contribution in [-0.2, 0) is 0 Å². The van der Waals surface area contributed by atoms with Crippen LogP contribution >= 0.6 is 0 Å². The lowest BCUT2D eigenvalue weighted by Crippen LogP contribution is -2.26. The maximum atomic E-state index is 8.61. The smallest absolute Gasteiger partial charge is 0.0991 e. The van der Waals surface area contributed by atoms with Crippen molar-refractivity contribution in [2.45, 2.75) is 12.8 Å². The minimum atomic E-state index is 0.650. The van der Waals surface area contributed by atoms with Crippen LogP contribution in [-0.4, -0.2) is 18.1 Å². The normalized spacial score (nSPS) is 16.5. The first kappa shape index (κ1) is 9.04. The van der Waals surface area contributed by atoms with E-state index in [1.807, 2.05) is 6.07 Å². The van der Waals surface area contributed by atoms with E-state index in [1.54, 1.807) is 12.1 Å². The Kier molecular flexibility index (Phi) is 2.66. The Balaban J connectivity index is 1.99. The number of anilines is 1. The van der Waals surface area contributed by atoms with Crippen molar-refractivity contribution < 1.29 is 0 Å². The predicted molar refractivity (Wildman–Crippen MR) is 54.4 cm³/mol. The summed E-state index contributed by atoms with van der Waals surface area (Å²) in [5.74, 6) is 0. The fourth-order valence-corrected chi connectivity index (χ4v) is 1.56. The molecule has 0 aliphatic carbocycles. The van der Waals surface area contributed by atoms with E-state index in [0.717, 1.165) is 18.8 Å². The number of nitrogens with zero attached hydrogens (tertiary/aromatic N) is 2. The quantitative estimate of drug-likeness (QED) is 0.765. The zero-order chi connectivity index (χ0) is 9.80. The molecule has 2 rings (SSSR count). The van der Waals surface area contributed by atoms with Crippen molar-refractivity contribution in [2.24, 2.45) is 0 Å². The van der Waals surface area contributed by atoms with Gasteiger partial charge in [-0.2, -0.15) is 5.26 Å². The van der Waals surface area contributed by atoms with E-state index in [1.165, 1.54) is 12.8 Å². The number of nitriles is 1. The highest BCUT2D eigenvalue weighted by molar-refractivity contribution is 5.45. The maximum absolute atomic E-state index is 8.61. The lowest BCUT2D eigenvalue weighted by Gasteiger charge is -2.17. The summed E-state index contributed by atoms with van der Waals surface area (Å²) in [6, 6.07) is 10.5. The second kappa shape index (κ2) is 4.12. The van der Waals surface area contributed by atoms with E-state index >= 15 is 0 Å². The van der Waals surface area contributed by atoms with Crippen LogP contribution in [0.3, 0.4) is 0 Å². The summed E-state index contributed by atoms with van der Waals surface area (Å²) in [5.41, 5.74) is 4.85. The lowest BCUT2D eigenvalue weighted by atomic mass is 10.2. The standard InChI is InChI=1S/C11H12N3/c12-9-10-3-5-11(6-4-10)13-14-7-1-2-8-14/h3-5,13H,1-2,7-8H2. The number of nitrogens with one attached hydrogen (secondary N) is 1. The van der Waals surface area contributed by atoms with Gasteiger partial charge in [-0.1, -0.05) is 0 Å². The Morgan fingerprint density at radius 2 is 2.14 bits per heavy atom. The molecule has 0 aromatic heterocycles. The predicted octanol–water partition coefficient (Wildman–Crippen LogP) is 1.78. The molecular formula is C11H12N3. The molecule has 1 heterocycles. The molecule has 0 atom stereocenters. The van der Waals surface area contributed by atoms with Gasteiger partial charge in [0.25, 0.3) is 0 Å². The molecule has 1 aliphatic heterocycles. The van der Waals surface area contributed by atoms with Crippen LogP contribution in [0.15, 0.2) is 18.2 Å². The Morgan fingerprint density at radius 3 is 2.71 bits per heavy atom. The van der Waals surface area contributed by atoms with Crippen LogP contribution in [0.1, 0.15) is 18.4 Å². The first-order valence-corrected chi connectivity index (χ1v) is 4.82.